The van der Waals surface area contributed by atoms with Crippen LogP contribution < -0.4 is 15.4 Å². The van der Waals surface area contributed by atoms with Crippen LogP contribution in [0, 0.1) is 0 Å². The van der Waals surface area contributed by atoms with E-state index < -0.39 is 0 Å². The van der Waals surface area contributed by atoms with Crippen molar-refractivity contribution in [3.05, 3.63) is 24.3 Å². The van der Waals surface area contributed by atoms with E-state index in [1.54, 1.807) is 43.2 Å². The SMILES string of the molecule is COc1cccc(NC(=O)CN2CCNC(C)C2=O)c1. The molecule has 2 N–H and O–H groups in total. The molecule has 1 aromatic rings. The predicted octanol–water partition coefficient (Wildman–Crippen LogP) is 0.454. The Hall–Kier alpha value is -2.08. The van der Waals surface area contributed by atoms with Gasteiger partial charge in [-0.2, -0.15) is 0 Å². The Morgan fingerprint density at radius 1 is 1.55 bits per heavy atom. The fraction of sp³-hybridized carbons (Fsp3) is 0.429. The minimum absolute atomic E-state index is 0.0444. The molecule has 0 aliphatic carbocycles. The normalized spacial score (nSPS) is 18.8. The van der Waals surface area contributed by atoms with Crippen molar-refractivity contribution in [2.75, 3.05) is 32.1 Å². The Morgan fingerprint density at radius 3 is 3.10 bits per heavy atom. The zero-order valence-electron chi connectivity index (χ0n) is 11.7. The molecule has 1 atom stereocenters. The van der Waals surface area contributed by atoms with Crippen molar-refractivity contribution in [3.8, 4) is 5.75 Å². The molecule has 2 amide bonds. The zero-order valence-corrected chi connectivity index (χ0v) is 11.7. The summed E-state index contributed by atoms with van der Waals surface area (Å²) in [4.78, 5) is 25.4. The molecule has 108 valence electrons. The number of nitrogens with one attached hydrogen (secondary N) is 2. The van der Waals surface area contributed by atoms with Crippen LogP contribution in [0.2, 0.25) is 0 Å². The molecule has 0 spiro atoms. The number of rotatable bonds is 4. The number of amides is 2. The maximum Gasteiger partial charge on any atom is 0.244 e. The maximum absolute atomic E-state index is 12.0. The summed E-state index contributed by atoms with van der Waals surface area (Å²) in [5.74, 6) is 0.424. The third-order valence-electron chi connectivity index (χ3n) is 3.20. The van der Waals surface area contributed by atoms with Gasteiger partial charge in [0.2, 0.25) is 11.8 Å². The number of methoxy groups -OCH3 is 1. The van der Waals surface area contributed by atoms with Crippen molar-refractivity contribution in [3.63, 3.8) is 0 Å². The van der Waals surface area contributed by atoms with Crippen LogP contribution in [0.15, 0.2) is 24.3 Å². The molecule has 1 saturated heterocycles. The Morgan fingerprint density at radius 2 is 2.35 bits per heavy atom. The summed E-state index contributed by atoms with van der Waals surface area (Å²) in [5, 5.41) is 5.83. The van der Waals surface area contributed by atoms with Gasteiger partial charge in [-0.1, -0.05) is 6.07 Å². The fourth-order valence-corrected chi connectivity index (χ4v) is 2.12. The Labute approximate surface area is 118 Å². The van der Waals surface area contributed by atoms with Gasteiger partial charge >= 0.3 is 0 Å². The van der Waals surface area contributed by atoms with Crippen LogP contribution in [-0.4, -0.2) is 49.5 Å². The van der Waals surface area contributed by atoms with Crippen LogP contribution in [-0.2, 0) is 9.59 Å². The Bertz CT molecular complexity index is 504. The summed E-state index contributed by atoms with van der Waals surface area (Å²) in [7, 11) is 1.57. The number of carbonyl (C=O) groups is 2. The molecule has 1 unspecified atom stereocenters. The topological polar surface area (TPSA) is 70.7 Å². The smallest absolute Gasteiger partial charge is 0.244 e. The van der Waals surface area contributed by atoms with E-state index in [0.29, 0.717) is 24.5 Å². The van der Waals surface area contributed by atoms with E-state index in [9.17, 15) is 9.59 Å². The van der Waals surface area contributed by atoms with Gasteiger partial charge in [0.25, 0.3) is 0 Å². The number of piperazine rings is 1. The summed E-state index contributed by atoms with van der Waals surface area (Å²) in [5.41, 5.74) is 0.657. The molecular weight excluding hydrogens is 258 g/mol. The molecule has 0 radical (unpaired) electrons. The predicted molar refractivity (Wildman–Crippen MR) is 75.7 cm³/mol. The molecule has 0 aromatic heterocycles. The van der Waals surface area contributed by atoms with Crippen LogP contribution in [0.4, 0.5) is 5.69 Å². The summed E-state index contributed by atoms with van der Waals surface area (Å²) >= 11 is 0. The van der Waals surface area contributed by atoms with E-state index >= 15 is 0 Å². The highest BCUT2D eigenvalue weighted by molar-refractivity contribution is 5.95. The highest BCUT2D eigenvalue weighted by Gasteiger charge is 2.26. The lowest BCUT2D eigenvalue weighted by molar-refractivity contribution is -0.138. The number of anilines is 1. The molecule has 1 aliphatic rings. The monoisotopic (exact) mass is 277 g/mol. The molecule has 1 fully saturated rings. The minimum atomic E-state index is -0.228. The number of hydrogen-bond acceptors (Lipinski definition) is 4. The molecular formula is C14H19N3O3. The van der Waals surface area contributed by atoms with Crippen molar-refractivity contribution in [2.24, 2.45) is 0 Å². The average molecular weight is 277 g/mol. The highest BCUT2D eigenvalue weighted by atomic mass is 16.5. The first-order valence-electron chi connectivity index (χ1n) is 6.56. The number of nitrogens with zero attached hydrogens (tertiary/aromatic N) is 1. The molecule has 20 heavy (non-hydrogen) atoms. The van der Waals surface area contributed by atoms with Gasteiger partial charge in [0.15, 0.2) is 0 Å². The molecule has 0 bridgehead atoms. The van der Waals surface area contributed by atoms with E-state index in [1.165, 1.54) is 0 Å². The Kier molecular flexibility index (Phi) is 4.57. The second-order valence-electron chi connectivity index (χ2n) is 4.72. The molecule has 2 rings (SSSR count). The van der Waals surface area contributed by atoms with Gasteiger partial charge in [0.05, 0.1) is 19.7 Å². The van der Waals surface area contributed by atoms with Crippen molar-refractivity contribution in [1.82, 2.24) is 10.2 Å². The summed E-state index contributed by atoms with van der Waals surface area (Å²) in [6.45, 7) is 3.13. The van der Waals surface area contributed by atoms with Gasteiger partial charge in [-0.15, -0.1) is 0 Å². The van der Waals surface area contributed by atoms with E-state index in [4.69, 9.17) is 4.74 Å². The summed E-state index contributed by atoms with van der Waals surface area (Å²) in [6.07, 6.45) is 0. The molecule has 1 aromatic carbocycles. The minimum Gasteiger partial charge on any atom is -0.497 e. The van der Waals surface area contributed by atoms with Crippen molar-refractivity contribution in [1.29, 1.82) is 0 Å². The van der Waals surface area contributed by atoms with Gasteiger partial charge in [-0.3, -0.25) is 9.59 Å². The first-order valence-corrected chi connectivity index (χ1v) is 6.56. The van der Waals surface area contributed by atoms with E-state index in [1.807, 2.05) is 0 Å². The van der Waals surface area contributed by atoms with E-state index in [0.717, 1.165) is 0 Å². The quantitative estimate of drug-likeness (QED) is 0.838. The van der Waals surface area contributed by atoms with Gasteiger partial charge in [0.1, 0.15) is 5.75 Å². The standard InChI is InChI=1S/C14H19N3O3/c1-10-14(19)17(7-6-15-10)9-13(18)16-11-4-3-5-12(8-11)20-2/h3-5,8,10,15H,6-7,9H2,1-2H3,(H,16,18). The van der Waals surface area contributed by atoms with Gasteiger partial charge in [0, 0.05) is 24.8 Å². The molecule has 1 aliphatic heterocycles. The van der Waals surface area contributed by atoms with Crippen molar-refractivity contribution in [2.45, 2.75) is 13.0 Å². The largest absolute Gasteiger partial charge is 0.497 e. The first-order chi connectivity index (χ1) is 9.60. The molecule has 1 heterocycles. The zero-order chi connectivity index (χ0) is 14.5. The third-order valence-corrected chi connectivity index (χ3v) is 3.20. The second-order valence-corrected chi connectivity index (χ2v) is 4.72. The van der Waals surface area contributed by atoms with E-state index in [2.05, 4.69) is 10.6 Å². The lowest BCUT2D eigenvalue weighted by Crippen LogP contribution is -2.55. The lowest BCUT2D eigenvalue weighted by atomic mass is 10.2. The summed E-state index contributed by atoms with van der Waals surface area (Å²) in [6, 6.07) is 6.89. The van der Waals surface area contributed by atoms with Gasteiger partial charge < -0.3 is 20.3 Å². The second kappa shape index (κ2) is 6.38. The Balaban J connectivity index is 1.93. The molecule has 6 nitrogen and oxygen atoms in total. The van der Waals surface area contributed by atoms with Crippen LogP contribution in [0.5, 0.6) is 5.75 Å². The first kappa shape index (κ1) is 14.3. The van der Waals surface area contributed by atoms with Crippen LogP contribution >= 0.6 is 0 Å². The van der Waals surface area contributed by atoms with E-state index in [-0.39, 0.29) is 24.4 Å². The number of benzene rings is 1. The number of hydrogen-bond donors (Lipinski definition) is 2. The fourth-order valence-electron chi connectivity index (χ4n) is 2.12. The van der Waals surface area contributed by atoms with Crippen molar-refractivity contribution >= 4 is 17.5 Å². The van der Waals surface area contributed by atoms with Crippen molar-refractivity contribution < 1.29 is 14.3 Å². The third kappa shape index (κ3) is 3.48. The highest BCUT2D eigenvalue weighted by Crippen LogP contribution is 2.16. The number of ether oxygens (including phenoxy) is 1. The molecule has 0 saturated carbocycles. The van der Waals surface area contributed by atoms with Gasteiger partial charge in [-0.05, 0) is 19.1 Å². The lowest BCUT2D eigenvalue weighted by Gasteiger charge is -2.30. The van der Waals surface area contributed by atoms with Gasteiger partial charge in [-0.25, -0.2) is 0 Å². The van der Waals surface area contributed by atoms with Crippen LogP contribution in [0.3, 0.4) is 0 Å². The molecule has 6 heteroatoms. The average Bonchev–Trinajstić information content (AvgIpc) is 2.44. The number of carbonyl (C=O) groups excluding carboxylic acids is 2. The maximum atomic E-state index is 12.0. The summed E-state index contributed by atoms with van der Waals surface area (Å²) < 4.78 is 5.09. The van der Waals surface area contributed by atoms with Crippen LogP contribution in [0.25, 0.3) is 0 Å². The van der Waals surface area contributed by atoms with Crippen LogP contribution in [0.1, 0.15) is 6.92 Å².